The second-order valence-electron chi connectivity index (χ2n) is 5.50. The average Bonchev–Trinajstić information content (AvgIpc) is 2.35. The summed E-state index contributed by atoms with van der Waals surface area (Å²) >= 11 is 0. The first-order valence-corrected chi connectivity index (χ1v) is 12.2. The maximum absolute atomic E-state index is 9.93. The number of aliphatic hydroxyl groups excluding tert-OH is 2. The van der Waals surface area contributed by atoms with Crippen molar-refractivity contribution in [1.29, 1.82) is 0 Å². The second kappa shape index (κ2) is 9.26. The van der Waals surface area contributed by atoms with Gasteiger partial charge in [-0.15, -0.1) is 0 Å². The number of hydrogen-bond acceptors (Lipinski definition) is 6. The lowest BCUT2D eigenvalue weighted by atomic mass is 10.2. The van der Waals surface area contributed by atoms with Crippen molar-refractivity contribution in [3.8, 4) is 0 Å². The van der Waals surface area contributed by atoms with Crippen LogP contribution in [0.3, 0.4) is 0 Å². The van der Waals surface area contributed by atoms with Crippen molar-refractivity contribution in [3.63, 3.8) is 0 Å². The van der Waals surface area contributed by atoms with Gasteiger partial charge in [0, 0.05) is 13.7 Å². The predicted molar refractivity (Wildman–Crippen MR) is 82.0 cm³/mol. The van der Waals surface area contributed by atoms with Crippen LogP contribution in [-0.4, -0.2) is 64.7 Å². The molecule has 0 aromatic heterocycles. The molecule has 6 nitrogen and oxygen atoms in total. The molecule has 0 heterocycles. The van der Waals surface area contributed by atoms with Crippen molar-refractivity contribution < 1.29 is 28.3 Å². The Bertz CT molecular complexity index is 253. The average molecular weight is 327 g/mol. The highest BCUT2D eigenvalue weighted by Crippen LogP contribution is 2.23. The van der Waals surface area contributed by atoms with Crippen LogP contribution in [0.5, 0.6) is 0 Å². The fourth-order valence-electron chi connectivity index (χ4n) is 1.83. The Labute approximate surface area is 124 Å². The molecule has 0 saturated carbocycles. The third-order valence-corrected chi connectivity index (χ3v) is 9.46. The molecule has 0 aromatic carbocycles. The summed E-state index contributed by atoms with van der Waals surface area (Å²) < 4.78 is 16.8. The molecule has 0 aliphatic heterocycles. The maximum atomic E-state index is 9.93. The first-order chi connectivity index (χ1) is 9.16. The fraction of sp³-hybridized carbons (Fsp3) is 1.00. The van der Waals surface area contributed by atoms with Crippen molar-refractivity contribution >= 4 is 17.1 Å². The van der Waals surface area contributed by atoms with E-state index in [4.69, 9.17) is 18.4 Å². The minimum Gasteiger partial charge on any atom is -0.415 e. The molecule has 0 fully saturated rings. The standard InChI is InChI=1S/C12H30O6Si2/c1-6-20(16-3,18-19(4,5)15)9-7-8-17-10-12(14)11(2)13/h11-15H,6-10H2,1-5H3. The summed E-state index contributed by atoms with van der Waals surface area (Å²) in [7, 11) is -3.34. The number of hydrogen-bond donors (Lipinski definition) is 3. The highest BCUT2D eigenvalue weighted by molar-refractivity contribution is 6.79. The van der Waals surface area contributed by atoms with Crippen LogP contribution in [0, 0.1) is 0 Å². The van der Waals surface area contributed by atoms with Gasteiger partial charge in [-0.1, -0.05) is 6.92 Å². The topological polar surface area (TPSA) is 88.4 Å². The summed E-state index contributed by atoms with van der Waals surface area (Å²) in [6, 6.07) is 1.51. The molecule has 3 atom stereocenters. The van der Waals surface area contributed by atoms with Crippen LogP contribution in [0.25, 0.3) is 0 Å². The van der Waals surface area contributed by atoms with Crippen LogP contribution >= 0.6 is 0 Å². The Hall–Kier alpha value is 0.194. The van der Waals surface area contributed by atoms with Gasteiger partial charge in [0.05, 0.1) is 12.7 Å². The van der Waals surface area contributed by atoms with Crippen molar-refractivity contribution in [1.82, 2.24) is 0 Å². The van der Waals surface area contributed by atoms with Gasteiger partial charge in [0.1, 0.15) is 6.10 Å². The van der Waals surface area contributed by atoms with Gasteiger partial charge in [-0.2, -0.15) is 0 Å². The Morgan fingerprint density at radius 3 is 2.20 bits per heavy atom. The molecule has 8 heteroatoms. The van der Waals surface area contributed by atoms with Crippen molar-refractivity contribution in [2.45, 2.75) is 57.7 Å². The Morgan fingerprint density at radius 1 is 1.20 bits per heavy atom. The number of aliphatic hydroxyl groups is 2. The van der Waals surface area contributed by atoms with E-state index in [2.05, 4.69) is 0 Å². The minimum atomic E-state index is -2.61. The van der Waals surface area contributed by atoms with E-state index in [1.54, 1.807) is 20.2 Å². The third-order valence-electron chi connectivity index (χ3n) is 3.04. The molecule has 0 rings (SSSR count). The lowest BCUT2D eigenvalue weighted by Gasteiger charge is -2.33. The number of rotatable bonds is 11. The van der Waals surface area contributed by atoms with E-state index in [1.807, 2.05) is 6.92 Å². The van der Waals surface area contributed by atoms with Crippen LogP contribution in [-0.2, 0) is 13.3 Å². The van der Waals surface area contributed by atoms with Gasteiger partial charge in [-0.3, -0.25) is 0 Å². The normalized spacial score (nSPS) is 18.6. The molecule has 20 heavy (non-hydrogen) atoms. The zero-order valence-corrected chi connectivity index (χ0v) is 15.3. The highest BCUT2D eigenvalue weighted by atomic mass is 28.5. The summed E-state index contributed by atoms with van der Waals surface area (Å²) in [6.45, 7) is 7.59. The molecule has 0 bridgehead atoms. The lowest BCUT2D eigenvalue weighted by Crippen LogP contribution is -2.50. The van der Waals surface area contributed by atoms with Crippen LogP contribution in [0.15, 0.2) is 0 Å². The molecule has 0 aliphatic rings. The minimum absolute atomic E-state index is 0.117. The van der Waals surface area contributed by atoms with Gasteiger partial charge >= 0.3 is 17.1 Å². The molecule has 3 N–H and O–H groups in total. The van der Waals surface area contributed by atoms with Gasteiger partial charge in [-0.25, -0.2) is 0 Å². The van der Waals surface area contributed by atoms with Gasteiger partial charge in [0.2, 0.25) is 0 Å². The third kappa shape index (κ3) is 8.47. The zero-order valence-electron chi connectivity index (χ0n) is 13.3. The first-order valence-electron chi connectivity index (χ1n) is 7.07. The molecule has 0 aliphatic carbocycles. The molecule has 0 saturated heterocycles. The lowest BCUT2D eigenvalue weighted by molar-refractivity contribution is -0.0303. The van der Waals surface area contributed by atoms with Crippen LogP contribution in [0.4, 0.5) is 0 Å². The highest BCUT2D eigenvalue weighted by Gasteiger charge is 2.40. The Morgan fingerprint density at radius 2 is 1.80 bits per heavy atom. The molecule has 0 spiro atoms. The van der Waals surface area contributed by atoms with E-state index in [-0.39, 0.29) is 6.61 Å². The summed E-state index contributed by atoms with van der Waals surface area (Å²) in [5.74, 6) is 0. The maximum Gasteiger partial charge on any atom is 0.328 e. The van der Waals surface area contributed by atoms with E-state index in [0.717, 1.165) is 18.5 Å². The van der Waals surface area contributed by atoms with Gasteiger partial charge < -0.3 is 28.3 Å². The van der Waals surface area contributed by atoms with Crippen molar-refractivity contribution in [2.24, 2.45) is 0 Å². The van der Waals surface area contributed by atoms with E-state index >= 15 is 0 Å². The molecule has 0 aromatic rings. The van der Waals surface area contributed by atoms with Gasteiger partial charge in [-0.05, 0) is 38.5 Å². The molecule has 3 unspecified atom stereocenters. The fourth-order valence-corrected chi connectivity index (χ4v) is 8.32. The van der Waals surface area contributed by atoms with Crippen LogP contribution in [0.2, 0.25) is 25.2 Å². The summed E-state index contributed by atoms with van der Waals surface area (Å²) in [6.07, 6.45) is -0.904. The molecular formula is C12H30O6Si2. The van der Waals surface area contributed by atoms with Gasteiger partial charge in [0.15, 0.2) is 0 Å². The molecular weight excluding hydrogens is 296 g/mol. The summed E-state index contributed by atoms with van der Waals surface area (Å²) in [5.41, 5.74) is 0. The van der Waals surface area contributed by atoms with E-state index in [0.29, 0.717) is 6.61 Å². The SMILES string of the molecule is CC[Si](CCCOCC(O)C(C)O)(OC)O[Si](C)(C)O. The smallest absolute Gasteiger partial charge is 0.328 e. The monoisotopic (exact) mass is 326 g/mol. The summed E-state index contributed by atoms with van der Waals surface area (Å²) in [4.78, 5) is 9.93. The predicted octanol–water partition coefficient (Wildman–Crippen LogP) is 0.954. The molecule has 0 amide bonds. The van der Waals surface area contributed by atoms with Gasteiger partial charge in [0.25, 0.3) is 0 Å². The summed E-state index contributed by atoms with van der Waals surface area (Å²) in [5, 5.41) is 18.5. The largest absolute Gasteiger partial charge is 0.415 e. The van der Waals surface area contributed by atoms with Crippen LogP contribution in [0.1, 0.15) is 20.3 Å². The molecule has 122 valence electrons. The zero-order chi connectivity index (χ0) is 15.8. The van der Waals surface area contributed by atoms with Crippen molar-refractivity contribution in [2.75, 3.05) is 20.3 Å². The quantitative estimate of drug-likeness (QED) is 0.387. The Kier molecular flexibility index (Phi) is 9.35. The first kappa shape index (κ1) is 20.2. The number of ether oxygens (including phenoxy) is 1. The van der Waals surface area contributed by atoms with E-state index < -0.39 is 29.3 Å². The molecule has 0 radical (unpaired) electrons. The van der Waals surface area contributed by atoms with Crippen molar-refractivity contribution in [3.05, 3.63) is 0 Å². The van der Waals surface area contributed by atoms with Crippen LogP contribution < -0.4 is 0 Å². The van der Waals surface area contributed by atoms with E-state index in [1.165, 1.54) is 6.92 Å². The van der Waals surface area contributed by atoms with E-state index in [9.17, 15) is 9.90 Å². The Balaban J connectivity index is 4.10. The second-order valence-corrected chi connectivity index (χ2v) is 12.7.